The van der Waals surface area contributed by atoms with Gasteiger partial charge in [-0.05, 0) is 95.8 Å². The average Bonchev–Trinajstić information content (AvgIpc) is 2.95. The number of rotatable bonds is 13. The minimum Gasteiger partial charge on any atom is -0.497 e. The second-order valence-electron chi connectivity index (χ2n) is 10.8. The fourth-order valence-corrected chi connectivity index (χ4v) is 6.08. The summed E-state index contributed by atoms with van der Waals surface area (Å²) in [6.07, 6.45) is 4.32. The molecule has 0 atom stereocenters. The molecule has 1 aliphatic carbocycles. The SMILES string of the molecule is CCN/C(C)=C(/CNC(=O)c1cc(Cl)cc(N(CC)[C@H]2CC[C@H](N(C)Cc3cccc(OC)c3)CC2)c1C)C(N)=O. The summed E-state index contributed by atoms with van der Waals surface area (Å²) in [5.41, 5.74) is 10.2. The number of nitrogens with zero attached hydrogens (tertiary/aromatic N) is 2. The van der Waals surface area contributed by atoms with Crippen molar-refractivity contribution in [2.24, 2.45) is 5.73 Å². The molecule has 0 aromatic heterocycles. The van der Waals surface area contributed by atoms with Crippen LogP contribution >= 0.6 is 11.6 Å². The number of benzene rings is 2. The fourth-order valence-electron chi connectivity index (χ4n) is 5.86. The van der Waals surface area contributed by atoms with Gasteiger partial charge in [-0.3, -0.25) is 14.5 Å². The van der Waals surface area contributed by atoms with Crippen LogP contribution in [0, 0.1) is 6.92 Å². The lowest BCUT2D eigenvalue weighted by Gasteiger charge is -2.41. The first-order valence-corrected chi connectivity index (χ1v) is 14.9. The minimum atomic E-state index is -0.561. The van der Waals surface area contributed by atoms with Crippen LogP contribution in [0.3, 0.4) is 0 Å². The first kappa shape index (κ1) is 32.3. The van der Waals surface area contributed by atoms with Crippen LogP contribution < -0.4 is 26.0 Å². The van der Waals surface area contributed by atoms with Crippen LogP contribution in [0.4, 0.5) is 5.69 Å². The molecular formula is C32H46ClN5O3. The summed E-state index contributed by atoms with van der Waals surface area (Å²) in [6.45, 7) is 10.2. The highest BCUT2D eigenvalue weighted by molar-refractivity contribution is 6.31. The second-order valence-corrected chi connectivity index (χ2v) is 11.2. The molecular weight excluding hydrogens is 538 g/mol. The number of anilines is 1. The Balaban J connectivity index is 1.70. The van der Waals surface area contributed by atoms with E-state index in [1.165, 1.54) is 5.56 Å². The van der Waals surface area contributed by atoms with Crippen LogP contribution in [0.15, 0.2) is 47.7 Å². The zero-order valence-corrected chi connectivity index (χ0v) is 26.1. The van der Waals surface area contributed by atoms with E-state index in [0.717, 1.165) is 55.8 Å². The maximum Gasteiger partial charge on any atom is 0.251 e. The number of ether oxygens (including phenoxy) is 1. The third-order valence-electron chi connectivity index (χ3n) is 8.15. The van der Waals surface area contributed by atoms with E-state index >= 15 is 0 Å². The van der Waals surface area contributed by atoms with Crippen molar-refractivity contribution in [3.05, 3.63) is 69.4 Å². The van der Waals surface area contributed by atoms with Crippen LogP contribution in [0.2, 0.25) is 5.02 Å². The van der Waals surface area contributed by atoms with Crippen LogP contribution in [0.5, 0.6) is 5.75 Å². The topological polar surface area (TPSA) is 99.9 Å². The molecule has 2 aromatic rings. The molecule has 9 heteroatoms. The molecule has 4 N–H and O–H groups in total. The van der Waals surface area contributed by atoms with E-state index in [2.05, 4.69) is 46.5 Å². The number of nitrogens with one attached hydrogen (secondary N) is 2. The van der Waals surface area contributed by atoms with Crippen LogP contribution in [0.25, 0.3) is 0 Å². The molecule has 8 nitrogen and oxygen atoms in total. The summed E-state index contributed by atoms with van der Waals surface area (Å²) in [4.78, 5) is 30.1. The lowest BCUT2D eigenvalue weighted by atomic mass is 9.88. The Kier molecular flexibility index (Phi) is 11.9. The molecule has 2 amide bonds. The van der Waals surface area contributed by atoms with E-state index in [-0.39, 0.29) is 12.5 Å². The van der Waals surface area contributed by atoms with Gasteiger partial charge in [0.2, 0.25) is 5.91 Å². The van der Waals surface area contributed by atoms with Crippen molar-refractivity contribution < 1.29 is 14.3 Å². The Morgan fingerprint density at radius 1 is 1.07 bits per heavy atom. The monoisotopic (exact) mass is 583 g/mol. The quantitative estimate of drug-likeness (QED) is 0.286. The van der Waals surface area contributed by atoms with Gasteiger partial charge in [0.05, 0.1) is 19.2 Å². The molecule has 1 saturated carbocycles. The van der Waals surface area contributed by atoms with Crippen molar-refractivity contribution in [2.45, 2.75) is 72.0 Å². The van der Waals surface area contributed by atoms with Crippen molar-refractivity contribution in [2.75, 3.05) is 38.7 Å². The Hall–Kier alpha value is -3.23. The number of carbonyl (C=O) groups excluding carboxylic acids is 2. The van der Waals surface area contributed by atoms with Crippen molar-refractivity contribution in [3.63, 3.8) is 0 Å². The summed E-state index contributed by atoms with van der Waals surface area (Å²) in [5.74, 6) is 0.0407. The smallest absolute Gasteiger partial charge is 0.251 e. The highest BCUT2D eigenvalue weighted by Gasteiger charge is 2.29. The molecule has 3 rings (SSSR count). The molecule has 224 valence electrons. The summed E-state index contributed by atoms with van der Waals surface area (Å²) in [7, 11) is 3.90. The third kappa shape index (κ3) is 8.39. The molecule has 2 aromatic carbocycles. The van der Waals surface area contributed by atoms with E-state index in [1.807, 2.05) is 32.0 Å². The van der Waals surface area contributed by atoms with Gasteiger partial charge in [0, 0.05) is 53.7 Å². The summed E-state index contributed by atoms with van der Waals surface area (Å²) in [5, 5.41) is 6.48. The van der Waals surface area contributed by atoms with Gasteiger partial charge in [-0.2, -0.15) is 0 Å². The van der Waals surface area contributed by atoms with E-state index in [0.29, 0.717) is 40.5 Å². The van der Waals surface area contributed by atoms with Crippen molar-refractivity contribution in [3.8, 4) is 5.75 Å². The molecule has 0 spiro atoms. The van der Waals surface area contributed by atoms with E-state index in [9.17, 15) is 9.59 Å². The van der Waals surface area contributed by atoms with Crippen LogP contribution in [-0.2, 0) is 11.3 Å². The largest absolute Gasteiger partial charge is 0.497 e. The number of amides is 2. The molecule has 1 aliphatic rings. The van der Waals surface area contributed by atoms with Crippen LogP contribution in [-0.4, -0.2) is 62.6 Å². The summed E-state index contributed by atoms with van der Waals surface area (Å²) >= 11 is 6.56. The molecule has 41 heavy (non-hydrogen) atoms. The van der Waals surface area contributed by atoms with Crippen molar-refractivity contribution in [1.82, 2.24) is 15.5 Å². The molecule has 0 radical (unpaired) electrons. The molecule has 0 saturated heterocycles. The number of methoxy groups -OCH3 is 1. The highest BCUT2D eigenvalue weighted by atomic mass is 35.5. The molecule has 0 bridgehead atoms. The minimum absolute atomic E-state index is 0.0407. The third-order valence-corrected chi connectivity index (χ3v) is 8.37. The molecule has 1 fully saturated rings. The predicted octanol–water partition coefficient (Wildman–Crippen LogP) is 5.03. The van der Waals surface area contributed by atoms with Gasteiger partial charge in [0.1, 0.15) is 5.75 Å². The standard InChI is InChI=1S/C32H46ClN5O3/c1-7-35-22(4)29(31(34)39)19-36-32(40)28-17-24(33)18-30(21(28)3)38(8-2)26-14-12-25(13-15-26)37(5)20-23-10-9-11-27(16-23)41-6/h9-11,16-18,25-26,35H,7-8,12-15,19-20H2,1-6H3,(H2,34,39)(H,36,40)/b29-22-/t25-,26-. The van der Waals surface area contributed by atoms with Crippen LogP contribution in [0.1, 0.15) is 67.9 Å². The molecule has 0 unspecified atom stereocenters. The summed E-state index contributed by atoms with van der Waals surface area (Å²) in [6, 6.07) is 12.8. The number of allylic oxidation sites excluding steroid dienone is 1. The number of carbonyl (C=O) groups is 2. The van der Waals surface area contributed by atoms with E-state index < -0.39 is 5.91 Å². The van der Waals surface area contributed by atoms with Gasteiger partial charge >= 0.3 is 0 Å². The van der Waals surface area contributed by atoms with Crippen molar-refractivity contribution in [1.29, 1.82) is 0 Å². The van der Waals surface area contributed by atoms with Gasteiger partial charge in [-0.1, -0.05) is 23.7 Å². The summed E-state index contributed by atoms with van der Waals surface area (Å²) < 4.78 is 5.39. The second kappa shape index (κ2) is 15.1. The number of primary amides is 1. The fraction of sp³-hybridized carbons (Fsp3) is 0.500. The van der Waals surface area contributed by atoms with E-state index in [4.69, 9.17) is 22.1 Å². The van der Waals surface area contributed by atoms with Gasteiger partial charge in [-0.25, -0.2) is 0 Å². The Bertz CT molecular complexity index is 1240. The maximum atomic E-state index is 13.3. The maximum absolute atomic E-state index is 13.3. The average molecular weight is 584 g/mol. The predicted molar refractivity (Wildman–Crippen MR) is 168 cm³/mol. The van der Waals surface area contributed by atoms with Gasteiger partial charge in [-0.15, -0.1) is 0 Å². The lowest BCUT2D eigenvalue weighted by molar-refractivity contribution is -0.114. The van der Waals surface area contributed by atoms with E-state index in [1.54, 1.807) is 20.1 Å². The first-order valence-electron chi connectivity index (χ1n) is 14.5. The Morgan fingerprint density at radius 3 is 2.37 bits per heavy atom. The number of halogens is 1. The van der Waals surface area contributed by atoms with Gasteiger partial charge in [0.15, 0.2) is 0 Å². The van der Waals surface area contributed by atoms with Gasteiger partial charge in [0.25, 0.3) is 5.91 Å². The van der Waals surface area contributed by atoms with Crippen molar-refractivity contribution >= 4 is 29.1 Å². The number of hydrogen-bond donors (Lipinski definition) is 3. The zero-order chi connectivity index (χ0) is 30.1. The molecule has 0 heterocycles. The highest BCUT2D eigenvalue weighted by Crippen LogP contribution is 2.34. The van der Waals surface area contributed by atoms with Gasteiger partial charge < -0.3 is 26.0 Å². The zero-order valence-electron chi connectivity index (χ0n) is 25.4. The first-order chi connectivity index (χ1) is 19.6. The normalized spacial score (nSPS) is 17.6. The Morgan fingerprint density at radius 2 is 1.76 bits per heavy atom. The number of hydrogen-bond acceptors (Lipinski definition) is 6. The lowest BCUT2D eigenvalue weighted by Crippen LogP contribution is -2.43. The Labute approximate surface area is 250 Å². The number of nitrogens with two attached hydrogens (primary N) is 1. The molecule has 0 aliphatic heterocycles.